The maximum atomic E-state index is 12.9. The molecular weight excluding hydrogens is 536 g/mol. The van der Waals surface area contributed by atoms with Crippen LogP contribution >= 0.6 is 0 Å². The second-order valence-electron chi connectivity index (χ2n) is 12.2. The molecule has 8 nitrogen and oxygen atoms in total. The predicted octanol–water partition coefficient (Wildman–Crippen LogP) is 5.00. The monoisotopic (exact) mass is 574 g/mol. The molecule has 3 aliphatic rings. The van der Waals surface area contributed by atoms with Gasteiger partial charge in [0.1, 0.15) is 5.82 Å². The fraction of sp³-hybridized carbons (Fsp3) is 0.586. The molecule has 0 spiro atoms. The third-order valence-corrected chi connectivity index (χ3v) is 8.55. The van der Waals surface area contributed by atoms with E-state index in [1.165, 1.54) is 4.90 Å². The molecule has 222 valence electrons. The minimum Gasteiger partial charge on any atom is -0.398 e. The molecule has 1 N–H and O–H groups in total. The Morgan fingerprint density at radius 2 is 1.76 bits per heavy atom. The molecule has 3 saturated heterocycles. The average molecular weight is 574 g/mol. The van der Waals surface area contributed by atoms with Gasteiger partial charge in [-0.2, -0.15) is 13.2 Å². The molecule has 1 unspecified atom stereocenters. The molecule has 3 fully saturated rings. The maximum Gasteiger partial charge on any atom is 0.514 e. The number of likely N-dealkylation sites (tertiary alicyclic amines) is 1. The van der Waals surface area contributed by atoms with E-state index in [2.05, 4.69) is 10.2 Å². The average Bonchev–Trinajstić information content (AvgIpc) is 3.44. The van der Waals surface area contributed by atoms with Gasteiger partial charge in [0.2, 0.25) is 0 Å². The van der Waals surface area contributed by atoms with E-state index in [1.54, 1.807) is 6.07 Å². The Balaban J connectivity index is 1.42. The normalized spacial score (nSPS) is 22.3. The van der Waals surface area contributed by atoms with E-state index in [0.29, 0.717) is 50.5 Å². The molecule has 5 rings (SSSR count). The number of hydrogen-bond acceptors (Lipinski definition) is 6. The summed E-state index contributed by atoms with van der Waals surface area (Å²) in [6.07, 6.45) is -4.76. The topological polar surface area (TPSA) is 76.2 Å². The molecular formula is C29H38BF3N4O4. The summed E-state index contributed by atoms with van der Waals surface area (Å²) in [5, 5.41) is 2.89. The summed E-state index contributed by atoms with van der Waals surface area (Å²) in [7, 11) is -0.650. The lowest BCUT2D eigenvalue weighted by molar-refractivity contribution is -0.143. The third-order valence-electron chi connectivity index (χ3n) is 8.55. The van der Waals surface area contributed by atoms with Crippen LogP contribution in [0.4, 0.5) is 29.5 Å². The Morgan fingerprint density at radius 1 is 1.07 bits per heavy atom. The first-order valence-corrected chi connectivity index (χ1v) is 14.1. The number of ether oxygens (including phenoxy) is 1. The van der Waals surface area contributed by atoms with Gasteiger partial charge in [-0.05, 0) is 87.9 Å². The summed E-state index contributed by atoms with van der Waals surface area (Å²) in [4.78, 5) is 21.5. The highest BCUT2D eigenvalue weighted by atomic mass is 19.4. The molecule has 0 aliphatic carbocycles. The Morgan fingerprint density at radius 3 is 2.41 bits per heavy atom. The number of nitrogens with one attached hydrogen (secondary N) is 1. The molecule has 1 aromatic heterocycles. The van der Waals surface area contributed by atoms with E-state index in [0.717, 1.165) is 22.5 Å². The predicted molar refractivity (Wildman–Crippen MR) is 153 cm³/mol. The van der Waals surface area contributed by atoms with Crippen molar-refractivity contribution in [3.63, 3.8) is 0 Å². The van der Waals surface area contributed by atoms with Gasteiger partial charge in [-0.3, -0.25) is 0 Å². The molecule has 41 heavy (non-hydrogen) atoms. The number of halogens is 3. The van der Waals surface area contributed by atoms with Gasteiger partial charge in [0.25, 0.3) is 0 Å². The van der Waals surface area contributed by atoms with E-state index in [-0.39, 0.29) is 6.54 Å². The Bertz CT molecular complexity index is 1270. The van der Waals surface area contributed by atoms with E-state index >= 15 is 0 Å². The van der Waals surface area contributed by atoms with Gasteiger partial charge >= 0.3 is 19.3 Å². The summed E-state index contributed by atoms with van der Waals surface area (Å²) in [5.74, 6) is 0.218. The van der Waals surface area contributed by atoms with Crippen LogP contribution in [0.1, 0.15) is 46.1 Å². The smallest absolute Gasteiger partial charge is 0.398 e. The first kappa shape index (κ1) is 29.7. The van der Waals surface area contributed by atoms with Crippen LogP contribution in [0.15, 0.2) is 30.3 Å². The zero-order valence-corrected chi connectivity index (χ0v) is 24.3. The van der Waals surface area contributed by atoms with Gasteiger partial charge in [0.15, 0.2) is 0 Å². The van der Waals surface area contributed by atoms with E-state index in [1.807, 2.05) is 58.9 Å². The Kier molecular flexibility index (Phi) is 8.04. The lowest BCUT2D eigenvalue weighted by atomic mass is 9.82. The second kappa shape index (κ2) is 11.1. The van der Waals surface area contributed by atoms with Gasteiger partial charge < -0.3 is 29.2 Å². The molecule has 0 radical (unpaired) electrons. The van der Waals surface area contributed by atoms with Gasteiger partial charge in [0, 0.05) is 38.3 Å². The lowest BCUT2D eigenvalue weighted by Crippen LogP contribution is -2.41. The summed E-state index contributed by atoms with van der Waals surface area (Å²) in [6.45, 7) is 13.0. The van der Waals surface area contributed by atoms with Crippen molar-refractivity contribution >= 4 is 30.2 Å². The number of nitrogens with zero attached hydrogens (tertiary/aromatic N) is 3. The highest BCUT2D eigenvalue weighted by Crippen LogP contribution is 2.37. The van der Waals surface area contributed by atoms with Crippen LogP contribution in [0, 0.1) is 12.8 Å². The van der Waals surface area contributed by atoms with Crippen LogP contribution in [-0.4, -0.2) is 79.8 Å². The molecule has 1 aromatic carbocycles. The number of carbonyl (C=O) groups excluding carboxylic acids is 1. The van der Waals surface area contributed by atoms with E-state index in [9.17, 15) is 18.0 Å². The molecule has 2 amide bonds. The van der Waals surface area contributed by atoms with E-state index < -0.39 is 42.9 Å². The largest absolute Gasteiger partial charge is 0.514 e. The highest BCUT2D eigenvalue weighted by Gasteiger charge is 2.52. The number of urea groups is 1. The number of anilines is 2. The van der Waals surface area contributed by atoms with Crippen LogP contribution in [0.3, 0.4) is 0 Å². The van der Waals surface area contributed by atoms with Crippen molar-refractivity contribution in [2.45, 2.75) is 64.8 Å². The molecule has 3 aliphatic heterocycles. The number of aromatic nitrogens is 1. The molecule has 12 heteroatoms. The van der Waals surface area contributed by atoms with Gasteiger partial charge in [-0.25, -0.2) is 9.78 Å². The number of alkyl halides is 3. The first-order valence-electron chi connectivity index (χ1n) is 14.1. The minimum absolute atomic E-state index is 0.0920. The van der Waals surface area contributed by atoms with Crippen LogP contribution in [0.5, 0.6) is 0 Å². The first-order chi connectivity index (χ1) is 19.2. The Hall–Kier alpha value is -2.83. The molecule has 1 atom stereocenters. The van der Waals surface area contributed by atoms with Crippen molar-refractivity contribution in [3.05, 3.63) is 35.9 Å². The number of hydrogen-bond donors (Lipinski definition) is 1. The Labute approximate surface area is 239 Å². The summed E-state index contributed by atoms with van der Waals surface area (Å²) in [6, 6.07) is 9.21. The van der Waals surface area contributed by atoms with Crippen LogP contribution in [0.2, 0.25) is 0 Å². The van der Waals surface area contributed by atoms with E-state index in [4.69, 9.17) is 19.0 Å². The zero-order chi connectivity index (χ0) is 29.6. The zero-order valence-electron chi connectivity index (χ0n) is 24.3. The van der Waals surface area contributed by atoms with Crippen molar-refractivity contribution < 1.29 is 32.0 Å². The molecule has 0 bridgehead atoms. The second-order valence-corrected chi connectivity index (χ2v) is 12.2. The van der Waals surface area contributed by atoms with Gasteiger partial charge in [0.05, 0.1) is 30.0 Å². The SMILES string of the molecule is Cc1ccc(NC(=O)N2CCC(CC(F)(F)F)C2)cc1-c1cc(B2OC(C)(C)C(C)(C)O2)nc(N2CCOCC2)c1. The fourth-order valence-corrected chi connectivity index (χ4v) is 5.46. The molecule has 2 aromatic rings. The maximum absolute atomic E-state index is 12.9. The quantitative estimate of drug-likeness (QED) is 0.507. The number of benzene rings is 1. The number of carbonyl (C=O) groups is 1. The number of rotatable bonds is 5. The third kappa shape index (κ3) is 6.65. The van der Waals surface area contributed by atoms with Gasteiger partial charge in [-0.15, -0.1) is 0 Å². The van der Waals surface area contributed by atoms with Crippen molar-refractivity contribution in [1.29, 1.82) is 0 Å². The fourth-order valence-electron chi connectivity index (χ4n) is 5.46. The van der Waals surface area contributed by atoms with Crippen LogP contribution in [-0.2, 0) is 14.0 Å². The van der Waals surface area contributed by atoms with Crippen molar-refractivity contribution in [2.24, 2.45) is 5.92 Å². The number of amides is 2. The minimum atomic E-state index is -4.23. The summed E-state index contributed by atoms with van der Waals surface area (Å²) < 4.78 is 56.7. The van der Waals surface area contributed by atoms with Crippen LogP contribution < -0.4 is 15.8 Å². The van der Waals surface area contributed by atoms with Crippen molar-refractivity contribution in [1.82, 2.24) is 9.88 Å². The summed E-state index contributed by atoms with van der Waals surface area (Å²) in [5.41, 5.74) is 2.96. The number of pyridine rings is 1. The molecule has 4 heterocycles. The van der Waals surface area contributed by atoms with Crippen molar-refractivity contribution in [2.75, 3.05) is 49.6 Å². The van der Waals surface area contributed by atoms with Crippen LogP contribution in [0.25, 0.3) is 11.1 Å². The molecule has 0 saturated carbocycles. The lowest BCUT2D eigenvalue weighted by Gasteiger charge is -2.32. The van der Waals surface area contributed by atoms with Crippen molar-refractivity contribution in [3.8, 4) is 11.1 Å². The summed E-state index contributed by atoms with van der Waals surface area (Å²) >= 11 is 0. The number of aryl methyl sites for hydroxylation is 1. The number of morpholine rings is 1. The highest BCUT2D eigenvalue weighted by molar-refractivity contribution is 6.61. The van der Waals surface area contributed by atoms with Gasteiger partial charge in [-0.1, -0.05) is 6.07 Å². The standard InChI is InChI=1S/C29H38BF3N4O4/c1-19-6-7-22(34-26(38)37-9-8-20(18-37)17-29(31,32)33)16-23(19)21-14-24(30-40-27(2,3)28(4,5)41-30)35-25(15-21)36-10-12-39-13-11-36/h6-7,14-16,20H,8-13,17-18H2,1-5H3,(H,34,38).